The lowest BCUT2D eigenvalue weighted by Gasteiger charge is -2.16. The van der Waals surface area contributed by atoms with Gasteiger partial charge in [-0.15, -0.1) is 0 Å². The third-order valence-electron chi connectivity index (χ3n) is 5.63. The summed E-state index contributed by atoms with van der Waals surface area (Å²) in [7, 11) is 0. The Bertz CT molecular complexity index is 1170. The van der Waals surface area contributed by atoms with E-state index >= 15 is 0 Å². The number of H-pyrrole nitrogens is 1. The van der Waals surface area contributed by atoms with E-state index < -0.39 is 17.6 Å². The molecule has 1 atom stereocenters. The van der Waals surface area contributed by atoms with E-state index in [0.717, 1.165) is 30.5 Å². The van der Waals surface area contributed by atoms with Crippen LogP contribution in [0.1, 0.15) is 46.1 Å². The maximum Gasteiger partial charge on any atom is 0.337 e. The highest BCUT2D eigenvalue weighted by molar-refractivity contribution is 5.94. The fourth-order valence-corrected chi connectivity index (χ4v) is 3.95. The largest absolute Gasteiger partial charge is 0.478 e. The molecule has 5 rings (SSSR count). The van der Waals surface area contributed by atoms with Crippen LogP contribution in [-0.2, 0) is 12.8 Å². The number of carbonyl (C=O) groups is 1. The first-order valence-corrected chi connectivity index (χ1v) is 9.65. The van der Waals surface area contributed by atoms with Crippen molar-refractivity contribution in [3.8, 4) is 23.1 Å². The topological polar surface area (TPSA) is 114 Å². The number of hydrogen-bond acceptors (Lipinski definition) is 5. The molecule has 0 saturated heterocycles. The molecule has 2 aromatic heterocycles. The Labute approximate surface area is 169 Å². The molecule has 0 spiro atoms. The van der Waals surface area contributed by atoms with Crippen molar-refractivity contribution < 1.29 is 23.4 Å². The summed E-state index contributed by atoms with van der Waals surface area (Å²) in [5, 5.41) is 9.81. The summed E-state index contributed by atoms with van der Waals surface area (Å²) in [6, 6.07) is 2.44. The molecule has 9 heteroatoms. The number of nitrogens with two attached hydrogens (primary N) is 1. The minimum atomic E-state index is -1.03. The quantitative estimate of drug-likeness (QED) is 0.588. The number of carboxylic acids is 1. The van der Waals surface area contributed by atoms with E-state index in [1.165, 1.54) is 0 Å². The summed E-state index contributed by atoms with van der Waals surface area (Å²) < 4.78 is 32.4. The molecule has 2 aliphatic carbocycles. The van der Waals surface area contributed by atoms with E-state index in [2.05, 4.69) is 15.0 Å². The zero-order chi connectivity index (χ0) is 21.0. The van der Waals surface area contributed by atoms with Crippen LogP contribution < -0.4 is 10.5 Å². The van der Waals surface area contributed by atoms with Gasteiger partial charge in [0.2, 0.25) is 0 Å². The van der Waals surface area contributed by atoms with Crippen LogP contribution in [0.15, 0.2) is 24.4 Å². The highest BCUT2D eigenvalue weighted by atomic mass is 19.1. The molecule has 1 unspecified atom stereocenters. The van der Waals surface area contributed by atoms with E-state index in [-0.39, 0.29) is 29.3 Å². The molecule has 0 bridgehead atoms. The Morgan fingerprint density at radius 2 is 2.10 bits per heavy atom. The van der Waals surface area contributed by atoms with Gasteiger partial charge in [0.25, 0.3) is 0 Å². The molecule has 1 aromatic carbocycles. The van der Waals surface area contributed by atoms with Crippen LogP contribution in [0.25, 0.3) is 11.4 Å². The van der Waals surface area contributed by atoms with Crippen LogP contribution in [-0.4, -0.2) is 26.0 Å². The van der Waals surface area contributed by atoms with Crippen molar-refractivity contribution in [2.75, 3.05) is 0 Å². The predicted octanol–water partition coefficient (Wildman–Crippen LogP) is 3.75. The first kappa shape index (κ1) is 18.7. The van der Waals surface area contributed by atoms with E-state index in [4.69, 9.17) is 10.5 Å². The number of ether oxygens (including phenoxy) is 1. The Balaban J connectivity index is 1.57. The van der Waals surface area contributed by atoms with Gasteiger partial charge >= 0.3 is 12.0 Å². The van der Waals surface area contributed by atoms with Crippen molar-refractivity contribution in [3.63, 3.8) is 0 Å². The number of fused-ring (bicyclic) bond motifs is 3. The number of aromatic carboxylic acids is 1. The Morgan fingerprint density at radius 3 is 2.80 bits per heavy atom. The van der Waals surface area contributed by atoms with Gasteiger partial charge in [-0.2, -0.15) is 4.98 Å². The van der Waals surface area contributed by atoms with Crippen molar-refractivity contribution in [3.05, 3.63) is 58.4 Å². The number of nitrogens with one attached hydrogen (secondary N) is 1. The number of hydrogen-bond donors (Lipinski definition) is 3. The molecule has 2 aliphatic rings. The number of carboxylic acid groups (broad SMARTS) is 1. The van der Waals surface area contributed by atoms with E-state index in [0.29, 0.717) is 41.6 Å². The lowest BCUT2D eigenvalue weighted by Crippen LogP contribution is -2.17. The van der Waals surface area contributed by atoms with Crippen LogP contribution in [0.3, 0.4) is 0 Å². The van der Waals surface area contributed by atoms with Crippen LogP contribution in [0.4, 0.5) is 8.78 Å². The summed E-state index contributed by atoms with van der Waals surface area (Å²) in [6.45, 7) is 0. The number of halogens is 2. The average Bonchev–Trinajstić information content (AvgIpc) is 3.48. The van der Waals surface area contributed by atoms with Crippen molar-refractivity contribution in [1.82, 2.24) is 15.0 Å². The van der Waals surface area contributed by atoms with Crippen LogP contribution in [0, 0.1) is 17.6 Å². The Hall–Kier alpha value is -3.33. The highest BCUT2D eigenvalue weighted by Gasteiger charge is 2.37. The van der Waals surface area contributed by atoms with Crippen LogP contribution in [0.5, 0.6) is 11.8 Å². The van der Waals surface area contributed by atoms with Crippen LogP contribution >= 0.6 is 0 Å². The molecule has 1 saturated carbocycles. The van der Waals surface area contributed by atoms with E-state index in [1.54, 1.807) is 6.20 Å². The fraction of sp³-hybridized carbons (Fsp3) is 0.286. The first-order valence-electron chi connectivity index (χ1n) is 9.65. The first-order chi connectivity index (χ1) is 14.4. The lowest BCUT2D eigenvalue weighted by atomic mass is 9.91. The molecular formula is C21H18F2N4O3. The molecule has 7 nitrogen and oxygen atoms in total. The molecule has 0 radical (unpaired) electrons. The normalized spacial score (nSPS) is 16.0. The number of benzene rings is 1. The standard InChI is InChI=1S/C21H18F2N4O3/c22-11-4-6-14(13(23)7-11)30-21-25-8-10-3-5-12-15(20(28)29)19(16(24)9-1-2-9)26-18(12)17(10)27-21/h4,6-9,16,26H,1-3,5,24H2,(H,28,29). The minimum absolute atomic E-state index is 0.119. The molecule has 154 valence electrons. The molecule has 0 amide bonds. The second-order valence-corrected chi connectivity index (χ2v) is 7.64. The zero-order valence-corrected chi connectivity index (χ0v) is 15.8. The smallest absolute Gasteiger partial charge is 0.337 e. The Kier molecular flexibility index (Phi) is 4.28. The fourth-order valence-electron chi connectivity index (χ4n) is 3.95. The SMILES string of the molecule is NC(c1[nH]c2c(c1C(=O)O)CCc1cnc(Oc3ccc(F)cc3F)nc1-2)C1CC1. The molecule has 3 aromatic rings. The average molecular weight is 412 g/mol. The van der Waals surface area contributed by atoms with E-state index in [1.807, 2.05) is 0 Å². The van der Waals surface area contributed by atoms with Gasteiger partial charge in [-0.3, -0.25) is 0 Å². The van der Waals surface area contributed by atoms with Gasteiger partial charge in [-0.1, -0.05) is 0 Å². The number of rotatable bonds is 5. The van der Waals surface area contributed by atoms with Crippen molar-refractivity contribution in [2.45, 2.75) is 31.7 Å². The molecule has 2 heterocycles. The minimum Gasteiger partial charge on any atom is -0.478 e. The highest BCUT2D eigenvalue weighted by Crippen LogP contribution is 2.44. The van der Waals surface area contributed by atoms with Gasteiger partial charge in [-0.05, 0) is 54.9 Å². The van der Waals surface area contributed by atoms with Crippen molar-refractivity contribution >= 4 is 5.97 Å². The maximum absolute atomic E-state index is 13.9. The van der Waals surface area contributed by atoms with Crippen LogP contribution in [0.2, 0.25) is 0 Å². The summed E-state index contributed by atoms with van der Waals surface area (Å²) in [5.41, 5.74) is 9.57. The third kappa shape index (κ3) is 3.11. The molecule has 0 aliphatic heterocycles. The molecule has 4 N–H and O–H groups in total. The second-order valence-electron chi connectivity index (χ2n) is 7.64. The third-order valence-corrected chi connectivity index (χ3v) is 5.63. The van der Waals surface area contributed by atoms with Crippen molar-refractivity contribution in [2.24, 2.45) is 11.7 Å². The van der Waals surface area contributed by atoms with Gasteiger partial charge in [0.1, 0.15) is 5.82 Å². The van der Waals surface area contributed by atoms with Gasteiger partial charge in [0, 0.05) is 24.0 Å². The van der Waals surface area contributed by atoms with Gasteiger partial charge < -0.3 is 20.6 Å². The second kappa shape index (κ2) is 6.88. The van der Waals surface area contributed by atoms with Gasteiger partial charge in [0.05, 0.1) is 17.0 Å². The predicted molar refractivity (Wildman–Crippen MR) is 102 cm³/mol. The summed E-state index contributed by atoms with van der Waals surface area (Å²) in [5.74, 6) is -2.55. The number of aryl methyl sites for hydroxylation is 1. The van der Waals surface area contributed by atoms with Gasteiger partial charge in [-0.25, -0.2) is 18.6 Å². The van der Waals surface area contributed by atoms with E-state index in [9.17, 15) is 18.7 Å². The summed E-state index contributed by atoms with van der Waals surface area (Å²) in [6.07, 6.45) is 4.61. The maximum atomic E-state index is 13.9. The molecule has 1 fully saturated rings. The van der Waals surface area contributed by atoms with Crippen molar-refractivity contribution in [1.29, 1.82) is 0 Å². The zero-order valence-electron chi connectivity index (χ0n) is 15.8. The summed E-state index contributed by atoms with van der Waals surface area (Å²) in [4.78, 5) is 23.7. The van der Waals surface area contributed by atoms with Gasteiger partial charge in [0.15, 0.2) is 11.6 Å². The summed E-state index contributed by atoms with van der Waals surface area (Å²) >= 11 is 0. The number of nitrogens with zero attached hydrogens (tertiary/aromatic N) is 2. The monoisotopic (exact) mass is 412 g/mol. The molecular weight excluding hydrogens is 394 g/mol. The molecule has 30 heavy (non-hydrogen) atoms. The number of aromatic nitrogens is 3. The lowest BCUT2D eigenvalue weighted by molar-refractivity contribution is 0.0694. The Morgan fingerprint density at radius 1 is 1.30 bits per heavy atom. The number of aromatic amines is 1.